The quantitative estimate of drug-likeness (QED) is 0.199. The Balaban J connectivity index is 2.10. The average Bonchev–Trinajstić information content (AvgIpc) is 2.61. The normalized spacial score (nSPS) is 10.9. The summed E-state index contributed by atoms with van der Waals surface area (Å²) in [6.45, 7) is 4.40. The summed E-state index contributed by atoms with van der Waals surface area (Å²) < 4.78 is 10.3. The largest absolute Gasteiger partial charge is 0.466 e. The molecule has 0 bridgehead atoms. The first-order valence-electron chi connectivity index (χ1n) is 9.30. The van der Waals surface area contributed by atoms with E-state index in [4.69, 9.17) is 21.1 Å². The summed E-state index contributed by atoms with van der Waals surface area (Å²) in [7, 11) is 0. The Bertz CT molecular complexity index is 596. The standard InChI is InChI=1S/C21H29ClO4/c1-3-4-5-6-7-8-9-10-15-25-20(23)13-14-21(24)26-18-11-12-19(22)17(2)16-18/h7-8,11-12,16H,3-6,9-10,13-15H2,1-2H3/b8-7+. The lowest BCUT2D eigenvalue weighted by molar-refractivity contribution is -0.147. The molecule has 0 atom stereocenters. The Hall–Kier alpha value is -1.81. The lowest BCUT2D eigenvalue weighted by Crippen LogP contribution is -2.12. The predicted molar refractivity (Wildman–Crippen MR) is 105 cm³/mol. The van der Waals surface area contributed by atoms with Gasteiger partial charge in [-0.15, -0.1) is 0 Å². The van der Waals surface area contributed by atoms with E-state index in [1.54, 1.807) is 18.2 Å². The minimum Gasteiger partial charge on any atom is -0.466 e. The van der Waals surface area contributed by atoms with Crippen molar-refractivity contribution in [2.24, 2.45) is 0 Å². The van der Waals surface area contributed by atoms with Gasteiger partial charge in [0.1, 0.15) is 5.75 Å². The van der Waals surface area contributed by atoms with Gasteiger partial charge in [-0.3, -0.25) is 9.59 Å². The van der Waals surface area contributed by atoms with Crippen molar-refractivity contribution in [1.29, 1.82) is 0 Å². The Morgan fingerprint density at radius 1 is 1.04 bits per heavy atom. The second-order valence-corrected chi connectivity index (χ2v) is 6.62. The van der Waals surface area contributed by atoms with Crippen LogP contribution in [0.15, 0.2) is 30.4 Å². The van der Waals surface area contributed by atoms with Crippen molar-refractivity contribution < 1.29 is 19.1 Å². The van der Waals surface area contributed by atoms with Crippen molar-refractivity contribution >= 4 is 23.5 Å². The number of carbonyl (C=O) groups is 2. The van der Waals surface area contributed by atoms with Gasteiger partial charge in [-0.25, -0.2) is 0 Å². The smallest absolute Gasteiger partial charge is 0.311 e. The molecule has 4 nitrogen and oxygen atoms in total. The van der Waals surface area contributed by atoms with Gasteiger partial charge in [0.25, 0.3) is 0 Å². The second-order valence-electron chi connectivity index (χ2n) is 6.21. The molecule has 0 aliphatic heterocycles. The van der Waals surface area contributed by atoms with Crippen molar-refractivity contribution in [2.75, 3.05) is 6.61 Å². The summed E-state index contributed by atoms with van der Waals surface area (Å²) in [4.78, 5) is 23.4. The molecule has 1 aromatic rings. The Kier molecular flexibility index (Phi) is 11.5. The van der Waals surface area contributed by atoms with Gasteiger partial charge in [-0.05, 0) is 56.4 Å². The van der Waals surface area contributed by atoms with Crippen LogP contribution in [-0.2, 0) is 14.3 Å². The van der Waals surface area contributed by atoms with Crippen molar-refractivity contribution in [3.63, 3.8) is 0 Å². The molecule has 0 saturated carbocycles. The van der Waals surface area contributed by atoms with Crippen molar-refractivity contribution in [3.8, 4) is 5.75 Å². The molecule has 1 aromatic carbocycles. The van der Waals surface area contributed by atoms with E-state index in [0.717, 1.165) is 24.8 Å². The van der Waals surface area contributed by atoms with Gasteiger partial charge in [0.15, 0.2) is 0 Å². The number of halogens is 1. The molecule has 0 amide bonds. The molecule has 0 aromatic heterocycles. The monoisotopic (exact) mass is 380 g/mol. The summed E-state index contributed by atoms with van der Waals surface area (Å²) in [6.07, 6.45) is 10.9. The fourth-order valence-electron chi connectivity index (χ4n) is 2.27. The minimum absolute atomic E-state index is 0.00214. The molecule has 26 heavy (non-hydrogen) atoms. The third-order valence-corrected chi connectivity index (χ3v) is 4.24. The van der Waals surface area contributed by atoms with E-state index in [-0.39, 0.29) is 18.8 Å². The highest BCUT2D eigenvalue weighted by Crippen LogP contribution is 2.21. The number of benzene rings is 1. The highest BCUT2D eigenvalue weighted by Gasteiger charge is 2.10. The van der Waals surface area contributed by atoms with Gasteiger partial charge >= 0.3 is 11.9 Å². The Morgan fingerprint density at radius 3 is 2.42 bits per heavy atom. The van der Waals surface area contributed by atoms with E-state index in [2.05, 4.69) is 19.1 Å². The Morgan fingerprint density at radius 2 is 1.73 bits per heavy atom. The number of carbonyl (C=O) groups excluding carboxylic acids is 2. The summed E-state index contributed by atoms with van der Waals surface area (Å²) in [6, 6.07) is 4.99. The number of unbranched alkanes of at least 4 members (excludes halogenated alkanes) is 4. The van der Waals surface area contributed by atoms with Crippen LogP contribution in [0.25, 0.3) is 0 Å². The molecule has 5 heteroatoms. The summed E-state index contributed by atoms with van der Waals surface area (Å²) >= 11 is 5.92. The molecule has 1 rings (SSSR count). The van der Waals surface area contributed by atoms with Gasteiger partial charge < -0.3 is 9.47 Å². The van der Waals surface area contributed by atoms with Crippen LogP contribution in [0.1, 0.15) is 63.9 Å². The molecule has 0 aliphatic rings. The third-order valence-electron chi connectivity index (χ3n) is 3.81. The number of ether oxygens (including phenoxy) is 2. The van der Waals surface area contributed by atoms with Gasteiger partial charge in [-0.1, -0.05) is 43.5 Å². The van der Waals surface area contributed by atoms with E-state index in [1.807, 2.05) is 6.92 Å². The van der Waals surface area contributed by atoms with Crippen LogP contribution in [0, 0.1) is 6.92 Å². The molecule has 0 aliphatic carbocycles. The van der Waals surface area contributed by atoms with E-state index < -0.39 is 5.97 Å². The van der Waals surface area contributed by atoms with Crippen LogP contribution < -0.4 is 4.74 Å². The summed E-state index contributed by atoms with van der Waals surface area (Å²) in [5, 5.41) is 0.615. The van der Waals surface area contributed by atoms with Gasteiger partial charge in [0.2, 0.25) is 0 Å². The van der Waals surface area contributed by atoms with E-state index >= 15 is 0 Å². The van der Waals surface area contributed by atoms with Gasteiger partial charge in [0.05, 0.1) is 19.4 Å². The zero-order chi connectivity index (χ0) is 19.2. The van der Waals surface area contributed by atoms with E-state index in [0.29, 0.717) is 17.4 Å². The number of aryl methyl sites for hydroxylation is 1. The molecular formula is C21H29ClO4. The van der Waals surface area contributed by atoms with Crippen LogP contribution >= 0.6 is 11.6 Å². The zero-order valence-electron chi connectivity index (χ0n) is 15.8. The second kappa shape index (κ2) is 13.4. The zero-order valence-corrected chi connectivity index (χ0v) is 16.5. The van der Waals surface area contributed by atoms with Crippen LogP contribution in [-0.4, -0.2) is 18.5 Å². The molecule has 0 fully saturated rings. The van der Waals surface area contributed by atoms with E-state index in [1.165, 1.54) is 19.3 Å². The minimum atomic E-state index is -0.460. The fraction of sp³-hybridized carbons (Fsp3) is 0.524. The first-order valence-corrected chi connectivity index (χ1v) is 9.68. The van der Waals surface area contributed by atoms with Crippen molar-refractivity contribution in [1.82, 2.24) is 0 Å². The number of rotatable bonds is 12. The SMILES string of the molecule is CCCCC/C=C/CCCOC(=O)CCC(=O)Oc1ccc(Cl)c(C)c1. The highest BCUT2D eigenvalue weighted by molar-refractivity contribution is 6.31. The molecule has 0 N–H and O–H groups in total. The van der Waals surface area contributed by atoms with Gasteiger partial charge in [-0.2, -0.15) is 0 Å². The maximum atomic E-state index is 11.8. The number of hydrogen-bond donors (Lipinski definition) is 0. The lowest BCUT2D eigenvalue weighted by atomic mass is 10.2. The molecule has 0 saturated heterocycles. The third kappa shape index (κ3) is 10.2. The average molecular weight is 381 g/mol. The molecular weight excluding hydrogens is 352 g/mol. The molecule has 0 radical (unpaired) electrons. The molecule has 144 valence electrons. The molecule has 0 spiro atoms. The van der Waals surface area contributed by atoms with Crippen molar-refractivity contribution in [2.45, 2.75) is 65.2 Å². The fourth-order valence-corrected chi connectivity index (χ4v) is 2.39. The van der Waals surface area contributed by atoms with Crippen molar-refractivity contribution in [3.05, 3.63) is 40.9 Å². The van der Waals surface area contributed by atoms with Crippen LogP contribution in [0.2, 0.25) is 5.02 Å². The maximum absolute atomic E-state index is 11.8. The Labute approximate surface area is 161 Å². The predicted octanol–water partition coefficient (Wildman–Crippen LogP) is 5.79. The van der Waals surface area contributed by atoms with E-state index in [9.17, 15) is 9.59 Å². The van der Waals surface area contributed by atoms with Crippen LogP contribution in [0.5, 0.6) is 5.75 Å². The lowest BCUT2D eigenvalue weighted by Gasteiger charge is -2.06. The molecule has 0 unspecified atom stereocenters. The number of hydrogen-bond acceptors (Lipinski definition) is 4. The molecule has 0 heterocycles. The number of esters is 2. The summed E-state index contributed by atoms with van der Waals surface area (Å²) in [5.74, 6) is -0.407. The van der Waals surface area contributed by atoms with Crippen LogP contribution in [0.3, 0.4) is 0 Å². The summed E-state index contributed by atoms with van der Waals surface area (Å²) in [5.41, 5.74) is 0.829. The van der Waals surface area contributed by atoms with Gasteiger partial charge in [0, 0.05) is 5.02 Å². The first-order chi connectivity index (χ1) is 12.5. The van der Waals surface area contributed by atoms with Crippen LogP contribution in [0.4, 0.5) is 0 Å². The highest BCUT2D eigenvalue weighted by atomic mass is 35.5. The number of allylic oxidation sites excluding steroid dienone is 2. The topological polar surface area (TPSA) is 52.6 Å². The maximum Gasteiger partial charge on any atom is 0.311 e. The first kappa shape index (κ1) is 22.2.